The second-order valence-corrected chi connectivity index (χ2v) is 16.3. The number of rotatable bonds is 3. The molecule has 0 aromatic heterocycles. The highest BCUT2D eigenvalue weighted by atomic mass is 16.5. The third kappa shape index (κ3) is 4.51. The molecule has 0 bridgehead atoms. The van der Waals surface area contributed by atoms with Crippen LogP contribution < -0.4 is 9.47 Å². The second-order valence-electron chi connectivity index (χ2n) is 16.3. The summed E-state index contributed by atoms with van der Waals surface area (Å²) in [4.78, 5) is 0. The summed E-state index contributed by atoms with van der Waals surface area (Å²) in [6.07, 6.45) is 8.19. The maximum absolute atomic E-state index is 7.63. The normalized spacial score (nSPS) is 21.2. The van der Waals surface area contributed by atoms with Gasteiger partial charge in [0.1, 0.15) is 11.5 Å². The Morgan fingerprint density at radius 1 is 0.638 bits per heavy atom. The van der Waals surface area contributed by atoms with E-state index >= 15 is 0 Å². The molecule has 0 saturated heterocycles. The van der Waals surface area contributed by atoms with Crippen LogP contribution in [0.2, 0.25) is 0 Å². The third-order valence-electron chi connectivity index (χ3n) is 11.2. The SMILES string of the molecule is COc1ccc(C2(c3ccc(C)cc3)C=Cc3c4c(c5ccc(C)cc5c3O2)-c2ccc(C)cc2C42CC(C)(C)CC(C)(C)C2)cc1. The van der Waals surface area contributed by atoms with Crippen molar-refractivity contribution in [2.24, 2.45) is 10.8 Å². The van der Waals surface area contributed by atoms with Crippen molar-refractivity contribution in [3.63, 3.8) is 0 Å². The van der Waals surface area contributed by atoms with E-state index in [2.05, 4.69) is 133 Å². The molecule has 238 valence electrons. The first-order valence-electron chi connectivity index (χ1n) is 17.2. The molecule has 1 spiro atoms. The van der Waals surface area contributed by atoms with Gasteiger partial charge in [0, 0.05) is 27.5 Å². The predicted octanol–water partition coefficient (Wildman–Crippen LogP) is 11.6. The average molecular weight is 619 g/mol. The second kappa shape index (κ2) is 10.1. The van der Waals surface area contributed by atoms with Crippen molar-refractivity contribution < 1.29 is 9.47 Å². The number of fused-ring (bicyclic) bond motifs is 10. The van der Waals surface area contributed by atoms with Gasteiger partial charge in [-0.15, -0.1) is 0 Å². The maximum atomic E-state index is 7.63. The quantitative estimate of drug-likeness (QED) is 0.200. The summed E-state index contributed by atoms with van der Waals surface area (Å²) in [6.45, 7) is 16.5. The zero-order valence-electron chi connectivity index (χ0n) is 29.2. The minimum atomic E-state index is -0.793. The van der Waals surface area contributed by atoms with Crippen LogP contribution in [-0.4, -0.2) is 7.11 Å². The lowest BCUT2D eigenvalue weighted by atomic mass is 9.52. The van der Waals surface area contributed by atoms with Crippen molar-refractivity contribution in [2.45, 2.75) is 78.7 Å². The molecule has 2 aliphatic carbocycles. The Morgan fingerprint density at radius 2 is 1.23 bits per heavy atom. The number of benzene rings is 5. The molecule has 0 radical (unpaired) electrons. The zero-order chi connectivity index (χ0) is 32.9. The molecule has 1 fully saturated rings. The Hall–Kier alpha value is -4.30. The van der Waals surface area contributed by atoms with Crippen LogP contribution in [0.25, 0.3) is 28.0 Å². The van der Waals surface area contributed by atoms with Crippen LogP contribution in [0.4, 0.5) is 0 Å². The maximum Gasteiger partial charge on any atom is 0.178 e. The summed E-state index contributed by atoms with van der Waals surface area (Å²) >= 11 is 0. The summed E-state index contributed by atoms with van der Waals surface area (Å²) in [7, 11) is 1.72. The minimum Gasteiger partial charge on any atom is -0.497 e. The van der Waals surface area contributed by atoms with Crippen LogP contribution in [-0.2, 0) is 11.0 Å². The molecule has 3 aliphatic rings. The first kappa shape index (κ1) is 30.1. The fourth-order valence-corrected chi connectivity index (χ4v) is 10.0. The van der Waals surface area contributed by atoms with Gasteiger partial charge in [-0.05, 0) is 103 Å². The fraction of sp³-hybridized carbons (Fsp3) is 0.333. The molecule has 0 amide bonds. The van der Waals surface area contributed by atoms with Crippen molar-refractivity contribution >= 4 is 16.8 Å². The van der Waals surface area contributed by atoms with Crippen LogP contribution in [0.3, 0.4) is 0 Å². The molecule has 1 atom stereocenters. The number of aryl methyl sites for hydroxylation is 3. The van der Waals surface area contributed by atoms with Gasteiger partial charge in [-0.1, -0.05) is 117 Å². The van der Waals surface area contributed by atoms with Crippen LogP contribution >= 0.6 is 0 Å². The highest BCUT2D eigenvalue weighted by molar-refractivity contribution is 6.09. The smallest absolute Gasteiger partial charge is 0.178 e. The lowest BCUT2D eigenvalue weighted by molar-refractivity contribution is 0.0641. The van der Waals surface area contributed by atoms with E-state index in [9.17, 15) is 0 Å². The average Bonchev–Trinajstić information content (AvgIpc) is 3.27. The molecule has 5 aromatic rings. The number of hydrogen-bond acceptors (Lipinski definition) is 2. The van der Waals surface area contributed by atoms with Crippen LogP contribution in [0.15, 0.2) is 91.0 Å². The molecule has 8 rings (SSSR count). The molecule has 1 aliphatic heterocycles. The highest BCUT2D eigenvalue weighted by Gasteiger charge is 2.55. The number of ether oxygens (including phenoxy) is 2. The van der Waals surface area contributed by atoms with E-state index in [1.807, 2.05) is 12.1 Å². The first-order chi connectivity index (χ1) is 22.3. The molecule has 1 saturated carbocycles. The number of methoxy groups -OCH3 is 1. The van der Waals surface area contributed by atoms with E-state index in [1.54, 1.807) is 7.11 Å². The van der Waals surface area contributed by atoms with Gasteiger partial charge in [0.25, 0.3) is 0 Å². The molecule has 1 heterocycles. The van der Waals surface area contributed by atoms with E-state index in [4.69, 9.17) is 9.47 Å². The summed E-state index contributed by atoms with van der Waals surface area (Å²) in [6, 6.07) is 31.4. The third-order valence-corrected chi connectivity index (χ3v) is 11.2. The van der Waals surface area contributed by atoms with Crippen molar-refractivity contribution in [3.05, 3.63) is 136 Å². The van der Waals surface area contributed by atoms with Gasteiger partial charge in [-0.25, -0.2) is 0 Å². The molecule has 1 unspecified atom stereocenters. The van der Waals surface area contributed by atoms with E-state index in [0.717, 1.165) is 35.5 Å². The Morgan fingerprint density at radius 3 is 1.89 bits per heavy atom. The van der Waals surface area contributed by atoms with E-state index in [1.165, 1.54) is 61.7 Å². The Labute approximate surface area is 280 Å². The number of hydrogen-bond donors (Lipinski definition) is 0. The molecule has 5 aromatic carbocycles. The molecular weight excluding hydrogens is 572 g/mol. The van der Waals surface area contributed by atoms with E-state index < -0.39 is 5.60 Å². The summed E-state index contributed by atoms with van der Waals surface area (Å²) in [5.74, 6) is 1.83. The van der Waals surface area contributed by atoms with Crippen molar-refractivity contribution in [3.8, 4) is 22.6 Å². The van der Waals surface area contributed by atoms with Gasteiger partial charge < -0.3 is 9.47 Å². The molecular formula is C45H46O2. The summed E-state index contributed by atoms with van der Waals surface area (Å²) < 4.78 is 13.2. The Kier molecular flexibility index (Phi) is 6.46. The van der Waals surface area contributed by atoms with Gasteiger partial charge in [-0.2, -0.15) is 0 Å². The van der Waals surface area contributed by atoms with Gasteiger partial charge in [0.15, 0.2) is 5.60 Å². The zero-order valence-corrected chi connectivity index (χ0v) is 29.2. The highest BCUT2D eigenvalue weighted by Crippen LogP contribution is 2.67. The van der Waals surface area contributed by atoms with Crippen LogP contribution in [0, 0.1) is 31.6 Å². The van der Waals surface area contributed by atoms with Crippen LogP contribution in [0.5, 0.6) is 11.5 Å². The monoisotopic (exact) mass is 618 g/mol. The molecule has 2 heteroatoms. The minimum absolute atomic E-state index is 0.108. The first-order valence-corrected chi connectivity index (χ1v) is 17.2. The van der Waals surface area contributed by atoms with Crippen molar-refractivity contribution in [2.75, 3.05) is 7.11 Å². The topological polar surface area (TPSA) is 18.5 Å². The van der Waals surface area contributed by atoms with E-state index in [0.29, 0.717) is 0 Å². The van der Waals surface area contributed by atoms with Crippen molar-refractivity contribution in [1.82, 2.24) is 0 Å². The summed E-state index contributed by atoms with van der Waals surface area (Å²) in [5.41, 5.74) is 12.5. The Balaban J connectivity index is 1.48. The lowest BCUT2D eigenvalue weighted by Crippen LogP contribution is -2.44. The fourth-order valence-electron chi connectivity index (χ4n) is 10.0. The molecule has 2 nitrogen and oxygen atoms in total. The largest absolute Gasteiger partial charge is 0.497 e. The summed E-state index contributed by atoms with van der Waals surface area (Å²) in [5, 5.41) is 2.47. The molecule has 0 N–H and O–H groups in total. The van der Waals surface area contributed by atoms with Gasteiger partial charge in [-0.3, -0.25) is 0 Å². The van der Waals surface area contributed by atoms with Gasteiger partial charge in [0.05, 0.1) is 7.11 Å². The molecule has 47 heavy (non-hydrogen) atoms. The van der Waals surface area contributed by atoms with Crippen LogP contribution in [0.1, 0.15) is 91.5 Å². The Bertz CT molecular complexity index is 2080. The predicted molar refractivity (Wildman–Crippen MR) is 196 cm³/mol. The standard InChI is InChI=1S/C45H46O2/c1-28-9-13-31(14-10-28)45(32-15-17-33(46-8)18-16-32)22-21-36-40-39(34-19-11-29(2)23-37(34)41(36)47-45)35-20-12-30(3)24-38(35)44(40)26-42(4,5)25-43(6,7)27-44/h9-24H,25-27H2,1-8H3. The van der Waals surface area contributed by atoms with Gasteiger partial charge >= 0.3 is 0 Å². The lowest BCUT2D eigenvalue weighted by Gasteiger charge is -2.52. The van der Waals surface area contributed by atoms with Crippen molar-refractivity contribution in [1.29, 1.82) is 0 Å². The van der Waals surface area contributed by atoms with Gasteiger partial charge in [0.2, 0.25) is 0 Å². The van der Waals surface area contributed by atoms with E-state index in [-0.39, 0.29) is 16.2 Å².